The number of nitrogens with one attached hydrogen (secondary N) is 2. The summed E-state index contributed by atoms with van der Waals surface area (Å²) in [6.45, 7) is 1.89. The molecule has 3 heterocycles. The van der Waals surface area contributed by atoms with Crippen LogP contribution in [0.5, 0.6) is 5.75 Å². The van der Waals surface area contributed by atoms with Crippen LogP contribution in [-0.2, 0) is 9.59 Å². The minimum Gasteiger partial charge on any atom is -0.492 e. The highest BCUT2D eigenvalue weighted by molar-refractivity contribution is 6.39. The van der Waals surface area contributed by atoms with Gasteiger partial charge in [0.1, 0.15) is 18.1 Å². The Balaban J connectivity index is 1.38. The number of nitrogens with zero attached hydrogens (tertiary/aromatic N) is 3. The van der Waals surface area contributed by atoms with Crippen LogP contribution in [0.15, 0.2) is 35.4 Å². The van der Waals surface area contributed by atoms with Crippen LogP contribution in [0.25, 0.3) is 0 Å². The van der Waals surface area contributed by atoms with Gasteiger partial charge in [0, 0.05) is 44.9 Å². The molecule has 27 heavy (non-hydrogen) atoms. The van der Waals surface area contributed by atoms with Crippen molar-refractivity contribution in [2.45, 2.75) is 31.3 Å². The van der Waals surface area contributed by atoms with E-state index in [0.717, 1.165) is 12.2 Å². The lowest BCUT2D eigenvalue weighted by molar-refractivity contribution is -0.131. The van der Waals surface area contributed by atoms with Gasteiger partial charge in [-0.2, -0.15) is 5.10 Å². The smallest absolute Gasteiger partial charge is 0.270 e. The van der Waals surface area contributed by atoms with Crippen molar-refractivity contribution < 1.29 is 14.3 Å². The summed E-state index contributed by atoms with van der Waals surface area (Å²) in [7, 11) is 1.60. The van der Waals surface area contributed by atoms with Crippen molar-refractivity contribution >= 4 is 17.5 Å². The van der Waals surface area contributed by atoms with E-state index in [4.69, 9.17) is 4.74 Å². The number of amides is 2. The number of para-hydroxylation sites is 1. The molecule has 1 aromatic rings. The van der Waals surface area contributed by atoms with Crippen LogP contribution in [0.2, 0.25) is 0 Å². The van der Waals surface area contributed by atoms with Crippen LogP contribution in [0.4, 0.5) is 0 Å². The van der Waals surface area contributed by atoms with Crippen LogP contribution >= 0.6 is 0 Å². The van der Waals surface area contributed by atoms with Crippen LogP contribution in [0, 0.1) is 5.92 Å². The van der Waals surface area contributed by atoms with E-state index < -0.39 is 0 Å². The number of hydrazone groups is 1. The molecule has 3 unspecified atom stereocenters. The number of hydrogen-bond acceptors (Lipinski definition) is 6. The van der Waals surface area contributed by atoms with Crippen LogP contribution in [-0.4, -0.2) is 66.3 Å². The fourth-order valence-corrected chi connectivity index (χ4v) is 3.95. The predicted molar refractivity (Wildman–Crippen MR) is 99.9 cm³/mol. The largest absolute Gasteiger partial charge is 0.492 e. The van der Waals surface area contributed by atoms with E-state index in [-0.39, 0.29) is 23.8 Å². The Kier molecular flexibility index (Phi) is 5.09. The molecule has 3 aliphatic heterocycles. The van der Waals surface area contributed by atoms with Crippen molar-refractivity contribution in [1.29, 1.82) is 0 Å². The summed E-state index contributed by atoms with van der Waals surface area (Å²) in [5.41, 5.74) is 7.15. The van der Waals surface area contributed by atoms with E-state index >= 15 is 0 Å². The van der Waals surface area contributed by atoms with Gasteiger partial charge in [0.25, 0.3) is 5.91 Å². The fourth-order valence-electron chi connectivity index (χ4n) is 3.95. The molecule has 0 aromatic heterocycles. The van der Waals surface area contributed by atoms with E-state index in [2.05, 4.69) is 16.0 Å². The molecule has 2 amide bonds. The third-order valence-corrected chi connectivity index (χ3v) is 5.54. The Hall–Kier alpha value is -2.45. The van der Waals surface area contributed by atoms with Crippen molar-refractivity contribution in [2.24, 2.45) is 11.0 Å². The molecule has 2 saturated heterocycles. The molecule has 0 bridgehead atoms. The first-order valence-electron chi connectivity index (χ1n) is 9.44. The van der Waals surface area contributed by atoms with Gasteiger partial charge in [0.15, 0.2) is 0 Å². The van der Waals surface area contributed by atoms with Crippen LogP contribution in [0.1, 0.15) is 19.3 Å². The zero-order valence-corrected chi connectivity index (χ0v) is 15.4. The molecule has 0 radical (unpaired) electrons. The Morgan fingerprint density at radius 3 is 2.85 bits per heavy atom. The number of fused-ring (bicyclic) bond motifs is 1. The molecule has 1 aromatic carbocycles. The van der Waals surface area contributed by atoms with Gasteiger partial charge < -0.3 is 9.64 Å². The van der Waals surface area contributed by atoms with E-state index in [0.29, 0.717) is 44.3 Å². The van der Waals surface area contributed by atoms with Crippen LogP contribution in [0.3, 0.4) is 0 Å². The number of likely N-dealkylation sites (tertiary alicyclic amines) is 1. The second-order valence-electron chi connectivity index (χ2n) is 7.29. The maximum atomic E-state index is 12.9. The maximum Gasteiger partial charge on any atom is 0.270 e. The molecule has 0 aliphatic carbocycles. The SMILES string of the molecule is CN1N=C(C(=O)N2CCC3NNC(COc4ccccc4)C3C2)CCC1=O. The van der Waals surface area contributed by atoms with Gasteiger partial charge in [-0.05, 0) is 18.6 Å². The lowest BCUT2D eigenvalue weighted by Crippen LogP contribution is -2.51. The average molecular weight is 371 g/mol. The minimum absolute atomic E-state index is 0.0485. The molecule has 0 saturated carbocycles. The second kappa shape index (κ2) is 7.66. The van der Waals surface area contributed by atoms with Crippen LogP contribution < -0.4 is 15.6 Å². The molecule has 4 rings (SSSR count). The molecule has 3 atom stereocenters. The van der Waals surface area contributed by atoms with E-state index in [9.17, 15) is 9.59 Å². The number of carbonyl (C=O) groups excluding carboxylic acids is 2. The third kappa shape index (κ3) is 3.81. The minimum atomic E-state index is -0.0533. The molecule has 8 heteroatoms. The molecular weight excluding hydrogens is 346 g/mol. The molecule has 2 fully saturated rings. The summed E-state index contributed by atoms with van der Waals surface area (Å²) in [6.07, 6.45) is 1.65. The second-order valence-corrected chi connectivity index (χ2v) is 7.29. The monoisotopic (exact) mass is 371 g/mol. The Bertz CT molecular complexity index is 738. The van der Waals surface area contributed by atoms with Gasteiger partial charge in [0.05, 0.1) is 6.04 Å². The quantitative estimate of drug-likeness (QED) is 0.799. The lowest BCUT2D eigenvalue weighted by Gasteiger charge is -2.36. The normalized spacial score (nSPS) is 28.0. The number of hydrogen-bond donors (Lipinski definition) is 2. The molecule has 144 valence electrons. The van der Waals surface area contributed by atoms with E-state index in [1.807, 2.05) is 35.2 Å². The fraction of sp³-hybridized carbons (Fsp3) is 0.526. The summed E-state index contributed by atoms with van der Waals surface area (Å²) in [4.78, 5) is 26.3. The van der Waals surface area contributed by atoms with Crippen molar-refractivity contribution in [1.82, 2.24) is 20.8 Å². The number of hydrazine groups is 1. The number of carbonyl (C=O) groups is 2. The first-order valence-corrected chi connectivity index (χ1v) is 9.44. The molecule has 8 nitrogen and oxygen atoms in total. The van der Waals surface area contributed by atoms with Gasteiger partial charge in [-0.15, -0.1) is 0 Å². The van der Waals surface area contributed by atoms with Crippen molar-refractivity contribution in [3.63, 3.8) is 0 Å². The molecule has 3 aliphatic rings. The number of rotatable bonds is 4. The number of benzene rings is 1. The van der Waals surface area contributed by atoms with Crippen molar-refractivity contribution in [2.75, 3.05) is 26.7 Å². The van der Waals surface area contributed by atoms with Gasteiger partial charge in [-0.1, -0.05) is 18.2 Å². The zero-order valence-electron chi connectivity index (χ0n) is 15.4. The summed E-state index contributed by atoms with van der Waals surface area (Å²) in [5, 5.41) is 5.45. The first-order chi connectivity index (χ1) is 13.1. The van der Waals surface area contributed by atoms with E-state index in [1.165, 1.54) is 5.01 Å². The predicted octanol–water partition coefficient (Wildman–Crippen LogP) is 0.367. The highest BCUT2D eigenvalue weighted by Crippen LogP contribution is 2.26. The first kappa shape index (κ1) is 17.9. The lowest BCUT2D eigenvalue weighted by atomic mass is 9.88. The Labute approximate surface area is 158 Å². The summed E-state index contributed by atoms with van der Waals surface area (Å²) in [5.74, 6) is 1.01. The Morgan fingerprint density at radius 1 is 1.26 bits per heavy atom. The average Bonchev–Trinajstić information content (AvgIpc) is 3.11. The number of ether oxygens (including phenoxy) is 1. The number of piperidine rings is 1. The van der Waals surface area contributed by atoms with Gasteiger partial charge in [-0.25, -0.2) is 5.01 Å². The third-order valence-electron chi connectivity index (χ3n) is 5.54. The van der Waals surface area contributed by atoms with Gasteiger partial charge in [0.2, 0.25) is 5.91 Å². The summed E-state index contributed by atoms with van der Waals surface area (Å²) >= 11 is 0. The van der Waals surface area contributed by atoms with Crippen molar-refractivity contribution in [3.05, 3.63) is 30.3 Å². The molecule has 0 spiro atoms. The van der Waals surface area contributed by atoms with E-state index in [1.54, 1.807) is 7.05 Å². The highest BCUT2D eigenvalue weighted by Gasteiger charge is 2.42. The topological polar surface area (TPSA) is 86.3 Å². The maximum absolute atomic E-state index is 12.9. The highest BCUT2D eigenvalue weighted by atomic mass is 16.5. The Morgan fingerprint density at radius 2 is 2.07 bits per heavy atom. The van der Waals surface area contributed by atoms with Gasteiger partial charge in [-0.3, -0.25) is 20.4 Å². The summed E-state index contributed by atoms with van der Waals surface area (Å²) < 4.78 is 5.90. The molecular formula is C19H25N5O3. The van der Waals surface area contributed by atoms with Gasteiger partial charge >= 0.3 is 0 Å². The summed E-state index contributed by atoms with van der Waals surface area (Å²) in [6, 6.07) is 10.2. The van der Waals surface area contributed by atoms with Crippen molar-refractivity contribution in [3.8, 4) is 5.75 Å². The standard InChI is InChI=1S/C19H25N5O3/c1-23-18(25)8-7-16(22-23)19(26)24-10-9-15-14(11-24)17(21-20-15)12-27-13-5-3-2-4-6-13/h2-6,14-15,17,20-21H,7-12H2,1H3. The zero-order chi connectivity index (χ0) is 18.8. The molecule has 2 N–H and O–H groups in total.